The zero-order chi connectivity index (χ0) is 11.8. The van der Waals surface area contributed by atoms with Gasteiger partial charge in [0, 0.05) is 21.2 Å². The maximum atomic E-state index is 5.45. The summed E-state index contributed by atoms with van der Waals surface area (Å²) in [5.41, 5.74) is 5.74. The average molecular weight is 233 g/mol. The molecule has 0 fully saturated rings. The number of likely N-dealkylation sites (N-methyl/N-ethyl adjacent to an activating group) is 1. The molecule has 5 heteroatoms. The van der Waals surface area contributed by atoms with Crippen molar-refractivity contribution in [2.45, 2.75) is 38.8 Å². The molecular formula is C10H23N3OS. The lowest BCUT2D eigenvalue weighted by atomic mass is 10.1. The van der Waals surface area contributed by atoms with Crippen molar-refractivity contribution in [2.75, 3.05) is 21.2 Å². The van der Waals surface area contributed by atoms with Gasteiger partial charge < -0.3 is 9.64 Å². The monoisotopic (exact) mass is 233 g/mol. The number of nitrogens with one attached hydrogen (secondary N) is 2. The first kappa shape index (κ1) is 14.6. The summed E-state index contributed by atoms with van der Waals surface area (Å²) >= 11 is 5.23. The summed E-state index contributed by atoms with van der Waals surface area (Å²) < 4.78 is 5.45. The van der Waals surface area contributed by atoms with E-state index in [1.807, 2.05) is 11.9 Å². The third-order valence-electron chi connectivity index (χ3n) is 2.60. The molecule has 1 unspecified atom stereocenters. The molecule has 0 radical (unpaired) electrons. The second-order valence-corrected chi connectivity index (χ2v) is 3.84. The van der Waals surface area contributed by atoms with Crippen LogP contribution in [-0.4, -0.2) is 43.4 Å². The van der Waals surface area contributed by atoms with Gasteiger partial charge in [-0.15, -0.1) is 0 Å². The fraction of sp³-hybridized carbons (Fsp3) is 0.900. The number of rotatable bonds is 6. The predicted octanol–water partition coefficient (Wildman–Crippen LogP) is 1.13. The summed E-state index contributed by atoms with van der Waals surface area (Å²) in [5, 5.41) is 0.694. The maximum Gasteiger partial charge on any atom is 0.183 e. The topological polar surface area (TPSA) is 36.5 Å². The zero-order valence-electron chi connectivity index (χ0n) is 10.3. The number of thiocarbonyl (C=S) groups is 1. The fourth-order valence-corrected chi connectivity index (χ4v) is 1.97. The summed E-state index contributed by atoms with van der Waals surface area (Å²) in [4.78, 5) is 2.05. The third-order valence-corrected chi connectivity index (χ3v) is 2.99. The van der Waals surface area contributed by atoms with E-state index in [1.54, 1.807) is 14.2 Å². The van der Waals surface area contributed by atoms with Crippen molar-refractivity contribution in [2.24, 2.45) is 0 Å². The molecule has 0 saturated carbocycles. The number of hydrogen-bond donors (Lipinski definition) is 2. The van der Waals surface area contributed by atoms with E-state index in [0.29, 0.717) is 11.2 Å². The lowest BCUT2D eigenvalue weighted by Crippen LogP contribution is -2.51. The second-order valence-electron chi connectivity index (χ2n) is 3.45. The Morgan fingerprint density at radius 2 is 2.00 bits per heavy atom. The number of ether oxygens (including phenoxy) is 1. The smallest absolute Gasteiger partial charge is 0.183 e. The minimum atomic E-state index is 0.219. The molecule has 0 aliphatic heterocycles. The van der Waals surface area contributed by atoms with Gasteiger partial charge in [0.05, 0.1) is 12.1 Å². The normalized spacial score (nSPS) is 14.5. The van der Waals surface area contributed by atoms with Crippen molar-refractivity contribution in [1.29, 1.82) is 0 Å². The minimum Gasteiger partial charge on any atom is -0.379 e. The van der Waals surface area contributed by atoms with Gasteiger partial charge in [0.1, 0.15) is 0 Å². The molecule has 2 N–H and O–H groups in total. The Kier molecular flexibility index (Phi) is 7.64. The molecule has 0 amide bonds. The zero-order valence-corrected chi connectivity index (χ0v) is 11.1. The van der Waals surface area contributed by atoms with Gasteiger partial charge in [-0.2, -0.15) is 0 Å². The molecule has 90 valence electrons. The van der Waals surface area contributed by atoms with Crippen molar-refractivity contribution in [3.05, 3.63) is 0 Å². The van der Waals surface area contributed by atoms with Crippen LogP contribution in [0, 0.1) is 0 Å². The molecule has 0 aliphatic rings. The molecule has 2 atom stereocenters. The van der Waals surface area contributed by atoms with Gasteiger partial charge in [-0.3, -0.25) is 5.43 Å². The summed E-state index contributed by atoms with van der Waals surface area (Å²) in [6.45, 7) is 4.27. The van der Waals surface area contributed by atoms with Gasteiger partial charge in [0.25, 0.3) is 0 Å². The first-order chi connectivity index (χ1) is 7.12. The molecular weight excluding hydrogens is 210 g/mol. The standard InChI is InChI=1S/C10H23N3OS/c1-6-8(9(7-2)14-5)13(4)10(15)12-11-3/h8-9,11H,6-7H2,1-5H3,(H,12,15)/t8-,9?/m1/s1. The Labute approximate surface area is 98.3 Å². The lowest BCUT2D eigenvalue weighted by Gasteiger charge is -2.34. The van der Waals surface area contributed by atoms with E-state index >= 15 is 0 Å². The van der Waals surface area contributed by atoms with Crippen LogP contribution >= 0.6 is 12.2 Å². The van der Waals surface area contributed by atoms with Crippen LogP contribution in [0.5, 0.6) is 0 Å². The van der Waals surface area contributed by atoms with E-state index in [2.05, 4.69) is 24.7 Å². The molecule has 0 saturated heterocycles. The van der Waals surface area contributed by atoms with E-state index in [-0.39, 0.29) is 6.10 Å². The minimum absolute atomic E-state index is 0.219. The molecule has 0 aliphatic carbocycles. The Balaban J connectivity index is 4.43. The summed E-state index contributed by atoms with van der Waals surface area (Å²) in [7, 11) is 5.54. The molecule has 0 aromatic carbocycles. The van der Waals surface area contributed by atoms with Gasteiger partial charge in [-0.1, -0.05) is 13.8 Å². The van der Waals surface area contributed by atoms with Crippen molar-refractivity contribution in [1.82, 2.24) is 15.8 Å². The molecule has 0 rings (SSSR count). The summed E-state index contributed by atoms with van der Waals surface area (Å²) in [6.07, 6.45) is 2.22. The van der Waals surface area contributed by atoms with Crippen LogP contribution in [0.15, 0.2) is 0 Å². The highest BCUT2D eigenvalue weighted by Gasteiger charge is 2.23. The van der Waals surface area contributed by atoms with Gasteiger partial charge >= 0.3 is 0 Å². The summed E-state index contributed by atoms with van der Waals surface area (Å²) in [6, 6.07) is 0.313. The van der Waals surface area contributed by atoms with Gasteiger partial charge in [0.2, 0.25) is 0 Å². The highest BCUT2D eigenvalue weighted by Crippen LogP contribution is 2.13. The van der Waals surface area contributed by atoms with Gasteiger partial charge in [0.15, 0.2) is 5.11 Å². The molecule has 15 heavy (non-hydrogen) atoms. The summed E-state index contributed by atoms with van der Waals surface area (Å²) in [5.74, 6) is 0. The second kappa shape index (κ2) is 7.84. The van der Waals surface area contributed by atoms with Crippen LogP contribution in [0.1, 0.15) is 26.7 Å². The molecule has 0 aromatic heterocycles. The number of methoxy groups -OCH3 is 1. The van der Waals surface area contributed by atoms with Crippen LogP contribution in [-0.2, 0) is 4.74 Å². The van der Waals surface area contributed by atoms with E-state index in [9.17, 15) is 0 Å². The van der Waals surface area contributed by atoms with Crippen molar-refractivity contribution in [3.8, 4) is 0 Å². The Morgan fingerprint density at radius 3 is 2.33 bits per heavy atom. The Morgan fingerprint density at radius 1 is 1.40 bits per heavy atom. The third kappa shape index (κ3) is 4.32. The van der Waals surface area contributed by atoms with E-state index in [0.717, 1.165) is 12.8 Å². The highest BCUT2D eigenvalue weighted by molar-refractivity contribution is 7.80. The highest BCUT2D eigenvalue weighted by atomic mass is 32.1. The molecule has 0 heterocycles. The number of nitrogens with zero attached hydrogens (tertiary/aromatic N) is 1. The lowest BCUT2D eigenvalue weighted by molar-refractivity contribution is 0.0401. The van der Waals surface area contributed by atoms with Crippen molar-refractivity contribution in [3.63, 3.8) is 0 Å². The largest absolute Gasteiger partial charge is 0.379 e. The van der Waals surface area contributed by atoms with Crippen LogP contribution in [0.4, 0.5) is 0 Å². The van der Waals surface area contributed by atoms with Crippen LogP contribution in [0.2, 0.25) is 0 Å². The Hall–Kier alpha value is -0.390. The fourth-order valence-electron chi connectivity index (χ4n) is 1.73. The number of hydrogen-bond acceptors (Lipinski definition) is 3. The van der Waals surface area contributed by atoms with Crippen LogP contribution in [0.3, 0.4) is 0 Å². The van der Waals surface area contributed by atoms with Crippen LogP contribution in [0.25, 0.3) is 0 Å². The van der Waals surface area contributed by atoms with E-state index < -0.39 is 0 Å². The van der Waals surface area contributed by atoms with Gasteiger partial charge in [-0.05, 0) is 25.1 Å². The van der Waals surface area contributed by atoms with E-state index in [1.165, 1.54) is 0 Å². The molecule has 4 nitrogen and oxygen atoms in total. The Bertz CT molecular complexity index is 186. The maximum absolute atomic E-state index is 5.45. The quantitative estimate of drug-likeness (QED) is 0.531. The van der Waals surface area contributed by atoms with Crippen molar-refractivity contribution >= 4 is 17.3 Å². The number of hydrazine groups is 1. The van der Waals surface area contributed by atoms with Gasteiger partial charge in [-0.25, -0.2) is 5.43 Å². The predicted molar refractivity (Wildman–Crippen MR) is 67.7 cm³/mol. The first-order valence-corrected chi connectivity index (χ1v) is 5.75. The first-order valence-electron chi connectivity index (χ1n) is 5.34. The van der Waals surface area contributed by atoms with Crippen molar-refractivity contribution < 1.29 is 4.74 Å². The molecule has 0 spiro atoms. The van der Waals surface area contributed by atoms with E-state index in [4.69, 9.17) is 17.0 Å². The molecule has 0 aromatic rings. The SMILES string of the molecule is CCC(OC)[C@@H](CC)N(C)C(=S)NNC. The van der Waals surface area contributed by atoms with Crippen LogP contribution < -0.4 is 10.9 Å². The average Bonchev–Trinajstić information content (AvgIpc) is 2.25. The molecule has 0 bridgehead atoms.